The van der Waals surface area contributed by atoms with Crippen LogP contribution in [0.5, 0.6) is 0 Å². The molecule has 0 aliphatic heterocycles. The lowest BCUT2D eigenvalue weighted by Crippen LogP contribution is -2.29. The molecule has 0 radical (unpaired) electrons. The third-order valence-corrected chi connectivity index (χ3v) is 3.46. The second-order valence-electron chi connectivity index (χ2n) is 5.49. The van der Waals surface area contributed by atoms with Crippen LogP contribution >= 0.6 is 0 Å². The molecule has 2 aromatic carbocycles. The SMILES string of the molecule is CC(=O)N[C@@H](CC(=O)Nc1ccc(C(F)(F)F)cc1)c1ccccc1. The van der Waals surface area contributed by atoms with Gasteiger partial charge in [0.15, 0.2) is 0 Å². The van der Waals surface area contributed by atoms with Crippen molar-refractivity contribution in [2.75, 3.05) is 5.32 Å². The highest BCUT2D eigenvalue weighted by Gasteiger charge is 2.30. The normalized spacial score (nSPS) is 12.3. The number of benzene rings is 2. The monoisotopic (exact) mass is 350 g/mol. The van der Waals surface area contributed by atoms with E-state index in [1.165, 1.54) is 19.1 Å². The van der Waals surface area contributed by atoms with Crippen molar-refractivity contribution in [2.24, 2.45) is 0 Å². The Morgan fingerprint density at radius 3 is 2.12 bits per heavy atom. The molecule has 7 heteroatoms. The summed E-state index contributed by atoms with van der Waals surface area (Å²) in [7, 11) is 0. The van der Waals surface area contributed by atoms with Crippen LogP contribution in [0.4, 0.5) is 18.9 Å². The highest BCUT2D eigenvalue weighted by atomic mass is 19.4. The van der Waals surface area contributed by atoms with Crippen molar-refractivity contribution in [3.63, 3.8) is 0 Å². The smallest absolute Gasteiger partial charge is 0.349 e. The second kappa shape index (κ2) is 7.83. The van der Waals surface area contributed by atoms with E-state index in [-0.39, 0.29) is 18.0 Å². The van der Waals surface area contributed by atoms with Gasteiger partial charge in [-0.25, -0.2) is 0 Å². The van der Waals surface area contributed by atoms with Gasteiger partial charge in [0.25, 0.3) is 0 Å². The summed E-state index contributed by atoms with van der Waals surface area (Å²) in [6.07, 6.45) is -4.46. The molecule has 0 bridgehead atoms. The first kappa shape index (κ1) is 18.5. The van der Waals surface area contributed by atoms with Crippen LogP contribution in [-0.2, 0) is 15.8 Å². The predicted octanol–water partition coefficient (Wildman–Crippen LogP) is 3.91. The minimum Gasteiger partial charge on any atom is -0.349 e. The summed E-state index contributed by atoms with van der Waals surface area (Å²) in [5, 5.41) is 5.23. The Morgan fingerprint density at radius 1 is 1.00 bits per heavy atom. The minimum atomic E-state index is -4.42. The lowest BCUT2D eigenvalue weighted by Gasteiger charge is -2.18. The van der Waals surface area contributed by atoms with E-state index in [0.717, 1.165) is 17.7 Å². The maximum Gasteiger partial charge on any atom is 0.416 e. The Labute approximate surface area is 143 Å². The van der Waals surface area contributed by atoms with E-state index in [0.29, 0.717) is 0 Å². The predicted molar refractivity (Wildman–Crippen MR) is 87.7 cm³/mol. The number of carbonyl (C=O) groups excluding carboxylic acids is 2. The Bertz CT molecular complexity index is 728. The largest absolute Gasteiger partial charge is 0.416 e. The van der Waals surface area contributed by atoms with Gasteiger partial charge in [0, 0.05) is 12.6 Å². The first-order chi connectivity index (χ1) is 11.8. The number of amides is 2. The molecule has 0 saturated carbocycles. The third kappa shape index (κ3) is 5.63. The van der Waals surface area contributed by atoms with Gasteiger partial charge in [-0.05, 0) is 29.8 Å². The van der Waals surface area contributed by atoms with Crippen molar-refractivity contribution >= 4 is 17.5 Å². The summed E-state index contributed by atoms with van der Waals surface area (Å²) in [6, 6.07) is 12.6. The number of hydrogen-bond donors (Lipinski definition) is 2. The second-order valence-corrected chi connectivity index (χ2v) is 5.49. The average molecular weight is 350 g/mol. The fourth-order valence-electron chi connectivity index (χ4n) is 2.32. The van der Waals surface area contributed by atoms with Crippen LogP contribution < -0.4 is 10.6 Å². The average Bonchev–Trinajstić information content (AvgIpc) is 2.54. The number of hydrogen-bond acceptors (Lipinski definition) is 2. The number of carbonyl (C=O) groups is 2. The van der Waals surface area contributed by atoms with Gasteiger partial charge in [0.1, 0.15) is 0 Å². The van der Waals surface area contributed by atoms with Crippen molar-refractivity contribution in [3.8, 4) is 0 Å². The molecule has 0 heterocycles. The molecule has 2 amide bonds. The zero-order valence-corrected chi connectivity index (χ0v) is 13.4. The summed E-state index contributed by atoms with van der Waals surface area (Å²) in [4.78, 5) is 23.5. The molecule has 0 aromatic heterocycles. The van der Waals surface area contributed by atoms with Crippen molar-refractivity contribution in [3.05, 3.63) is 65.7 Å². The molecule has 0 aliphatic carbocycles. The number of alkyl halides is 3. The molecule has 0 spiro atoms. The lowest BCUT2D eigenvalue weighted by atomic mass is 10.0. The highest BCUT2D eigenvalue weighted by molar-refractivity contribution is 5.91. The van der Waals surface area contributed by atoms with E-state index in [1.807, 2.05) is 6.07 Å². The molecule has 0 aliphatic rings. The number of rotatable bonds is 5. The van der Waals surface area contributed by atoms with Gasteiger partial charge in [-0.2, -0.15) is 13.2 Å². The third-order valence-electron chi connectivity index (χ3n) is 3.46. The zero-order valence-electron chi connectivity index (χ0n) is 13.4. The quantitative estimate of drug-likeness (QED) is 0.859. The lowest BCUT2D eigenvalue weighted by molar-refractivity contribution is -0.137. The van der Waals surface area contributed by atoms with Crippen LogP contribution in [0.25, 0.3) is 0 Å². The van der Waals surface area contributed by atoms with Crippen molar-refractivity contribution in [2.45, 2.75) is 25.6 Å². The maximum absolute atomic E-state index is 12.5. The summed E-state index contributed by atoms with van der Waals surface area (Å²) in [5.74, 6) is -0.696. The van der Waals surface area contributed by atoms with Crippen molar-refractivity contribution in [1.29, 1.82) is 0 Å². The molecule has 2 N–H and O–H groups in total. The van der Waals surface area contributed by atoms with Crippen LogP contribution in [0.15, 0.2) is 54.6 Å². The molecule has 2 rings (SSSR count). The van der Waals surface area contributed by atoms with Crippen LogP contribution in [0, 0.1) is 0 Å². The van der Waals surface area contributed by atoms with Gasteiger partial charge < -0.3 is 10.6 Å². The Morgan fingerprint density at radius 2 is 1.60 bits per heavy atom. The van der Waals surface area contributed by atoms with Crippen LogP contribution in [0.3, 0.4) is 0 Å². The van der Waals surface area contributed by atoms with Gasteiger partial charge in [-0.1, -0.05) is 30.3 Å². The molecule has 25 heavy (non-hydrogen) atoms. The molecule has 0 saturated heterocycles. The molecule has 2 aromatic rings. The standard InChI is InChI=1S/C18H17F3N2O2/c1-12(24)22-16(13-5-3-2-4-6-13)11-17(25)23-15-9-7-14(8-10-15)18(19,20)21/h2-10,16H,11H2,1H3,(H,22,24)(H,23,25)/t16-/m0/s1. The Kier molecular flexibility index (Phi) is 5.80. The van der Waals surface area contributed by atoms with Gasteiger partial charge in [0.05, 0.1) is 18.0 Å². The van der Waals surface area contributed by atoms with E-state index in [2.05, 4.69) is 10.6 Å². The molecule has 1 atom stereocenters. The first-order valence-electron chi connectivity index (χ1n) is 7.55. The molecule has 0 unspecified atom stereocenters. The molecule has 4 nitrogen and oxygen atoms in total. The Balaban J connectivity index is 2.05. The van der Waals surface area contributed by atoms with Gasteiger partial charge in [-0.3, -0.25) is 9.59 Å². The summed E-state index contributed by atoms with van der Waals surface area (Å²) >= 11 is 0. The van der Waals surface area contributed by atoms with Crippen molar-refractivity contribution < 1.29 is 22.8 Å². The highest BCUT2D eigenvalue weighted by Crippen LogP contribution is 2.30. The molecule has 0 fully saturated rings. The minimum absolute atomic E-state index is 0.0371. The molecule has 132 valence electrons. The summed E-state index contributed by atoms with van der Waals surface area (Å²) in [5.41, 5.74) is 0.235. The van der Waals surface area contributed by atoms with E-state index < -0.39 is 23.7 Å². The molecular formula is C18H17F3N2O2. The number of halogens is 3. The summed E-state index contributed by atoms with van der Waals surface area (Å²) < 4.78 is 37.6. The van der Waals surface area contributed by atoms with E-state index in [4.69, 9.17) is 0 Å². The van der Waals surface area contributed by atoms with Crippen LogP contribution in [-0.4, -0.2) is 11.8 Å². The van der Waals surface area contributed by atoms with Crippen LogP contribution in [0.1, 0.15) is 30.5 Å². The van der Waals surface area contributed by atoms with Gasteiger partial charge in [0.2, 0.25) is 11.8 Å². The topological polar surface area (TPSA) is 58.2 Å². The van der Waals surface area contributed by atoms with E-state index in [1.54, 1.807) is 24.3 Å². The molecular weight excluding hydrogens is 333 g/mol. The number of nitrogens with one attached hydrogen (secondary N) is 2. The van der Waals surface area contributed by atoms with E-state index in [9.17, 15) is 22.8 Å². The fourth-order valence-corrected chi connectivity index (χ4v) is 2.32. The summed E-state index contributed by atoms with van der Waals surface area (Å²) in [6.45, 7) is 1.35. The van der Waals surface area contributed by atoms with Gasteiger partial charge in [-0.15, -0.1) is 0 Å². The maximum atomic E-state index is 12.5. The fraction of sp³-hybridized carbons (Fsp3) is 0.222. The van der Waals surface area contributed by atoms with Gasteiger partial charge >= 0.3 is 6.18 Å². The zero-order chi connectivity index (χ0) is 18.4. The van der Waals surface area contributed by atoms with Crippen LogP contribution in [0.2, 0.25) is 0 Å². The first-order valence-corrected chi connectivity index (χ1v) is 7.55. The van der Waals surface area contributed by atoms with E-state index >= 15 is 0 Å². The number of anilines is 1. The van der Waals surface area contributed by atoms with Crippen molar-refractivity contribution in [1.82, 2.24) is 5.32 Å². The Hall–Kier alpha value is -2.83.